The van der Waals surface area contributed by atoms with Crippen molar-refractivity contribution in [1.29, 1.82) is 0 Å². The maximum absolute atomic E-state index is 13.0. The van der Waals surface area contributed by atoms with Gasteiger partial charge in [0.05, 0.1) is 33.2 Å². The lowest BCUT2D eigenvalue weighted by Gasteiger charge is -2.32. The number of rotatable bonds is 5. The minimum absolute atomic E-state index is 0.0415. The van der Waals surface area contributed by atoms with Crippen molar-refractivity contribution in [2.24, 2.45) is 0 Å². The van der Waals surface area contributed by atoms with Gasteiger partial charge in [-0.05, 0) is 31.0 Å². The molecule has 28 heavy (non-hydrogen) atoms. The highest BCUT2D eigenvalue weighted by Crippen LogP contribution is 2.24. The molecule has 1 aromatic carbocycles. The van der Waals surface area contributed by atoms with E-state index in [0.29, 0.717) is 30.5 Å². The Bertz CT molecular complexity index is 987. The molecule has 1 unspecified atom stereocenters. The number of piperidine rings is 1. The van der Waals surface area contributed by atoms with Crippen LogP contribution in [0.25, 0.3) is 10.9 Å². The summed E-state index contributed by atoms with van der Waals surface area (Å²) in [6, 6.07) is 7.57. The lowest BCUT2D eigenvalue weighted by Crippen LogP contribution is -2.44. The molecule has 1 aliphatic heterocycles. The van der Waals surface area contributed by atoms with E-state index in [4.69, 9.17) is 14.2 Å². The summed E-state index contributed by atoms with van der Waals surface area (Å²) >= 11 is 0. The molecule has 0 spiro atoms. The molecule has 8 heteroatoms. The van der Waals surface area contributed by atoms with Gasteiger partial charge in [-0.3, -0.25) is 9.78 Å². The number of nitrogens with zero attached hydrogens (tertiary/aromatic N) is 3. The Kier molecular flexibility index (Phi) is 5.01. The number of aromatic nitrogens is 3. The van der Waals surface area contributed by atoms with Crippen molar-refractivity contribution in [3.05, 3.63) is 42.4 Å². The summed E-state index contributed by atoms with van der Waals surface area (Å²) in [6.45, 7) is 1.19. The van der Waals surface area contributed by atoms with E-state index in [1.165, 1.54) is 13.3 Å². The molecule has 1 aliphatic rings. The predicted molar refractivity (Wildman–Crippen MR) is 103 cm³/mol. The molecule has 2 aromatic heterocycles. The first-order chi connectivity index (χ1) is 13.7. The molecule has 3 heterocycles. The summed E-state index contributed by atoms with van der Waals surface area (Å²) < 4.78 is 16.2. The molecular weight excluding hydrogens is 360 g/mol. The van der Waals surface area contributed by atoms with Gasteiger partial charge < -0.3 is 24.1 Å². The number of H-pyrrole nitrogens is 1. The minimum atomic E-state index is -0.136. The van der Waals surface area contributed by atoms with E-state index >= 15 is 0 Å². The molecule has 8 nitrogen and oxygen atoms in total. The van der Waals surface area contributed by atoms with Gasteiger partial charge in [-0.1, -0.05) is 0 Å². The minimum Gasteiger partial charge on any atom is -0.497 e. The molecular formula is C20H22N4O4. The van der Waals surface area contributed by atoms with Gasteiger partial charge in [0, 0.05) is 23.5 Å². The van der Waals surface area contributed by atoms with Crippen molar-refractivity contribution < 1.29 is 19.0 Å². The van der Waals surface area contributed by atoms with Crippen LogP contribution in [0.4, 0.5) is 0 Å². The quantitative estimate of drug-likeness (QED) is 0.730. The summed E-state index contributed by atoms with van der Waals surface area (Å²) in [5.74, 6) is 1.51. The van der Waals surface area contributed by atoms with Crippen LogP contribution in [0, 0.1) is 0 Å². The lowest BCUT2D eigenvalue weighted by molar-refractivity contribution is 0.0521. The van der Waals surface area contributed by atoms with Crippen LogP contribution in [0.2, 0.25) is 0 Å². The number of fused-ring (bicyclic) bond motifs is 1. The predicted octanol–water partition coefficient (Wildman–Crippen LogP) is 2.66. The molecule has 0 saturated carbocycles. The number of hydrogen-bond donors (Lipinski definition) is 1. The summed E-state index contributed by atoms with van der Waals surface area (Å²) in [5.41, 5.74) is 1.43. The molecule has 1 fully saturated rings. The van der Waals surface area contributed by atoms with E-state index in [0.717, 1.165) is 29.5 Å². The van der Waals surface area contributed by atoms with Crippen molar-refractivity contribution in [1.82, 2.24) is 19.9 Å². The largest absolute Gasteiger partial charge is 0.497 e. The van der Waals surface area contributed by atoms with E-state index in [-0.39, 0.29) is 12.0 Å². The number of ether oxygens (including phenoxy) is 3. The van der Waals surface area contributed by atoms with Gasteiger partial charge in [-0.25, -0.2) is 0 Å². The standard InChI is InChI=1S/C20H22N4O4/c1-26-14-6-5-13-8-17(22-16(13)9-14)20(25)24-7-3-4-15(12-24)28-19-11-21-10-18(23-19)27-2/h5-6,8-11,15,22H,3-4,7,12H2,1-2H3. The second-order valence-electron chi connectivity index (χ2n) is 6.67. The van der Waals surface area contributed by atoms with Crippen LogP contribution in [0.15, 0.2) is 36.7 Å². The molecule has 1 saturated heterocycles. The zero-order valence-corrected chi connectivity index (χ0v) is 15.8. The molecule has 0 aliphatic carbocycles. The number of aromatic amines is 1. The van der Waals surface area contributed by atoms with Gasteiger partial charge in [-0.15, -0.1) is 0 Å². The number of likely N-dealkylation sites (tertiary alicyclic amines) is 1. The molecule has 1 N–H and O–H groups in total. The van der Waals surface area contributed by atoms with E-state index < -0.39 is 0 Å². The third-order valence-corrected chi connectivity index (χ3v) is 4.81. The van der Waals surface area contributed by atoms with Crippen LogP contribution in [0.1, 0.15) is 23.3 Å². The third kappa shape index (κ3) is 3.71. The van der Waals surface area contributed by atoms with E-state index in [1.54, 1.807) is 13.3 Å². The Labute approximate surface area is 162 Å². The monoisotopic (exact) mass is 382 g/mol. The number of amides is 1. The van der Waals surface area contributed by atoms with Gasteiger partial charge in [-0.2, -0.15) is 4.98 Å². The van der Waals surface area contributed by atoms with Gasteiger partial charge in [0.2, 0.25) is 11.8 Å². The smallest absolute Gasteiger partial charge is 0.270 e. The van der Waals surface area contributed by atoms with Crippen LogP contribution >= 0.6 is 0 Å². The maximum Gasteiger partial charge on any atom is 0.270 e. The average Bonchev–Trinajstić information content (AvgIpc) is 3.16. The molecule has 1 amide bonds. The van der Waals surface area contributed by atoms with Crippen LogP contribution in [-0.4, -0.2) is 59.2 Å². The number of benzene rings is 1. The Morgan fingerprint density at radius 3 is 2.86 bits per heavy atom. The average molecular weight is 382 g/mol. The van der Waals surface area contributed by atoms with Crippen LogP contribution in [0.3, 0.4) is 0 Å². The zero-order chi connectivity index (χ0) is 19.5. The van der Waals surface area contributed by atoms with E-state index in [1.807, 2.05) is 29.2 Å². The number of methoxy groups -OCH3 is 2. The fourth-order valence-corrected chi connectivity index (χ4v) is 3.39. The normalized spacial score (nSPS) is 16.8. The Morgan fingerprint density at radius 2 is 2.04 bits per heavy atom. The third-order valence-electron chi connectivity index (χ3n) is 4.81. The van der Waals surface area contributed by atoms with Gasteiger partial charge in [0.15, 0.2) is 0 Å². The van der Waals surface area contributed by atoms with Gasteiger partial charge >= 0.3 is 0 Å². The van der Waals surface area contributed by atoms with Crippen molar-refractivity contribution in [3.8, 4) is 17.5 Å². The summed E-state index contributed by atoms with van der Waals surface area (Å²) in [5, 5.41) is 0.973. The molecule has 3 aromatic rings. The molecule has 1 atom stereocenters. The first-order valence-electron chi connectivity index (χ1n) is 9.15. The molecule has 4 rings (SSSR count). The maximum atomic E-state index is 13.0. The van der Waals surface area contributed by atoms with Crippen molar-refractivity contribution in [2.45, 2.75) is 18.9 Å². The number of carbonyl (C=O) groups excluding carboxylic acids is 1. The summed E-state index contributed by atoms with van der Waals surface area (Å²) in [4.78, 5) is 26.3. The second-order valence-corrected chi connectivity index (χ2v) is 6.67. The van der Waals surface area contributed by atoms with Crippen molar-refractivity contribution in [3.63, 3.8) is 0 Å². The molecule has 0 bridgehead atoms. The number of hydrogen-bond acceptors (Lipinski definition) is 6. The SMILES string of the molecule is COc1ccc2cc(C(=O)N3CCCC(Oc4cncc(OC)n4)C3)[nH]c2c1. The molecule has 0 radical (unpaired) electrons. The Balaban J connectivity index is 1.47. The first-order valence-corrected chi connectivity index (χ1v) is 9.15. The lowest BCUT2D eigenvalue weighted by atomic mass is 10.1. The highest BCUT2D eigenvalue weighted by Gasteiger charge is 2.27. The fourth-order valence-electron chi connectivity index (χ4n) is 3.39. The topological polar surface area (TPSA) is 89.6 Å². The Hall–Kier alpha value is -3.29. The van der Waals surface area contributed by atoms with Crippen LogP contribution < -0.4 is 14.2 Å². The summed E-state index contributed by atoms with van der Waals surface area (Å²) in [6.07, 6.45) is 4.65. The fraction of sp³-hybridized carbons (Fsp3) is 0.350. The van der Waals surface area contributed by atoms with Gasteiger partial charge in [0.1, 0.15) is 17.5 Å². The molecule has 146 valence electrons. The van der Waals surface area contributed by atoms with Crippen LogP contribution in [-0.2, 0) is 0 Å². The van der Waals surface area contributed by atoms with Crippen molar-refractivity contribution in [2.75, 3.05) is 27.3 Å². The van der Waals surface area contributed by atoms with Crippen LogP contribution in [0.5, 0.6) is 17.5 Å². The number of carbonyl (C=O) groups is 1. The summed E-state index contributed by atoms with van der Waals surface area (Å²) in [7, 11) is 3.15. The van der Waals surface area contributed by atoms with E-state index in [9.17, 15) is 4.79 Å². The highest BCUT2D eigenvalue weighted by molar-refractivity contribution is 5.98. The number of nitrogens with one attached hydrogen (secondary N) is 1. The highest BCUT2D eigenvalue weighted by atomic mass is 16.5. The second kappa shape index (κ2) is 7.75. The van der Waals surface area contributed by atoms with E-state index in [2.05, 4.69) is 15.0 Å². The Morgan fingerprint density at radius 1 is 1.18 bits per heavy atom. The van der Waals surface area contributed by atoms with Crippen molar-refractivity contribution >= 4 is 16.8 Å². The zero-order valence-electron chi connectivity index (χ0n) is 15.8. The van der Waals surface area contributed by atoms with Gasteiger partial charge in [0.25, 0.3) is 5.91 Å². The first kappa shape index (κ1) is 18.1.